The summed E-state index contributed by atoms with van der Waals surface area (Å²) in [5.41, 5.74) is 2.01. The van der Waals surface area contributed by atoms with Crippen LogP contribution >= 0.6 is 0 Å². The number of nitrogens with zero attached hydrogens (tertiary/aromatic N) is 3. The summed E-state index contributed by atoms with van der Waals surface area (Å²) in [4.78, 5) is 28.5. The zero-order valence-electron chi connectivity index (χ0n) is 15.9. The van der Waals surface area contributed by atoms with E-state index in [1.165, 1.54) is 10.7 Å². The van der Waals surface area contributed by atoms with Gasteiger partial charge >= 0.3 is 5.97 Å². The average molecular weight is 420 g/mol. The van der Waals surface area contributed by atoms with Crippen LogP contribution in [0.1, 0.15) is 28.4 Å². The van der Waals surface area contributed by atoms with Crippen LogP contribution < -0.4 is 5.32 Å². The third-order valence-corrected chi connectivity index (χ3v) is 4.97. The fourth-order valence-electron chi connectivity index (χ4n) is 3.53. The summed E-state index contributed by atoms with van der Waals surface area (Å²) in [6, 6.07) is 13.3. The minimum atomic E-state index is -0.678. The maximum absolute atomic E-state index is 14.1. The van der Waals surface area contributed by atoms with Crippen LogP contribution in [-0.4, -0.2) is 26.5 Å². The molecule has 154 valence electrons. The number of rotatable bonds is 4. The summed E-state index contributed by atoms with van der Waals surface area (Å²) in [5, 5.41) is 6.75. The van der Waals surface area contributed by atoms with Crippen molar-refractivity contribution in [3.05, 3.63) is 83.6 Å². The number of amides is 1. The molecule has 0 fully saturated rings. The van der Waals surface area contributed by atoms with E-state index in [0.29, 0.717) is 22.3 Å². The van der Waals surface area contributed by atoms with Gasteiger partial charge in [0.05, 0.1) is 12.0 Å². The number of nitrogens with one attached hydrogen (secondary N) is 1. The Morgan fingerprint density at radius 2 is 1.94 bits per heavy atom. The third-order valence-electron chi connectivity index (χ3n) is 4.97. The van der Waals surface area contributed by atoms with Gasteiger partial charge in [0.1, 0.15) is 17.7 Å². The van der Waals surface area contributed by atoms with Gasteiger partial charge < -0.3 is 4.74 Å². The summed E-state index contributed by atoms with van der Waals surface area (Å²) in [6.07, 6.45) is 0.728. The lowest BCUT2D eigenvalue weighted by Crippen LogP contribution is -2.16. The van der Waals surface area contributed by atoms with Crippen LogP contribution in [0, 0.1) is 11.6 Å². The molecule has 5 rings (SSSR count). The van der Waals surface area contributed by atoms with Crippen molar-refractivity contribution in [3.8, 4) is 11.1 Å². The van der Waals surface area contributed by atoms with Gasteiger partial charge in [0.25, 0.3) is 0 Å². The minimum absolute atomic E-state index is 0.0412. The normalized spacial score (nSPS) is 15.0. The van der Waals surface area contributed by atoms with E-state index in [1.807, 2.05) is 0 Å². The van der Waals surface area contributed by atoms with E-state index in [-0.39, 0.29) is 17.9 Å². The topological polar surface area (TPSA) is 85.6 Å². The molecule has 0 saturated heterocycles. The molecule has 0 unspecified atom stereocenters. The summed E-state index contributed by atoms with van der Waals surface area (Å²) in [6.45, 7) is 0. The number of carbonyl (C=O) groups excluding carboxylic acids is 2. The standard InChI is InChI=1S/C22H14F2N4O3/c23-13-6-7-17(24)16(9-13)12-5-8-19-25-22(27-28(19)11-12)26-20(29)10-18-14-3-1-2-4-15(14)21(30)31-18/h1-9,11,18H,10H2,(H,26,27,29)/t18-/m0/s1. The molecule has 3 heterocycles. The van der Waals surface area contributed by atoms with E-state index in [2.05, 4.69) is 15.4 Å². The molecule has 0 saturated carbocycles. The molecule has 0 spiro atoms. The van der Waals surface area contributed by atoms with E-state index in [1.54, 1.807) is 36.4 Å². The highest BCUT2D eigenvalue weighted by Crippen LogP contribution is 2.33. The average Bonchev–Trinajstić information content (AvgIpc) is 3.29. The number of anilines is 1. The Morgan fingerprint density at radius 3 is 2.81 bits per heavy atom. The number of aromatic nitrogens is 3. The van der Waals surface area contributed by atoms with Crippen LogP contribution in [0.3, 0.4) is 0 Å². The Labute approximate surface area is 174 Å². The quantitative estimate of drug-likeness (QED) is 0.506. The van der Waals surface area contributed by atoms with Crippen LogP contribution in [0.5, 0.6) is 0 Å². The second-order valence-electron chi connectivity index (χ2n) is 7.01. The molecule has 1 N–H and O–H groups in total. The Kier molecular flexibility index (Phi) is 4.43. The molecule has 1 aliphatic rings. The molecule has 1 aliphatic heterocycles. The highest BCUT2D eigenvalue weighted by Gasteiger charge is 2.32. The predicted octanol–water partition coefficient (Wildman–Crippen LogP) is 3.91. The Balaban J connectivity index is 1.35. The molecular formula is C22H14F2N4O3. The Hall–Kier alpha value is -4.14. The van der Waals surface area contributed by atoms with E-state index in [9.17, 15) is 18.4 Å². The highest BCUT2D eigenvalue weighted by molar-refractivity contribution is 5.96. The van der Waals surface area contributed by atoms with Crippen LogP contribution in [-0.2, 0) is 9.53 Å². The monoisotopic (exact) mass is 420 g/mol. The van der Waals surface area contributed by atoms with Gasteiger partial charge in [0.15, 0.2) is 5.65 Å². The van der Waals surface area contributed by atoms with Crippen LogP contribution in [0.15, 0.2) is 60.8 Å². The molecule has 0 bridgehead atoms. The number of fused-ring (bicyclic) bond motifs is 2. The lowest BCUT2D eigenvalue weighted by Gasteiger charge is -2.09. The van der Waals surface area contributed by atoms with Crippen molar-refractivity contribution in [3.63, 3.8) is 0 Å². The van der Waals surface area contributed by atoms with Gasteiger partial charge in [-0.25, -0.2) is 18.1 Å². The highest BCUT2D eigenvalue weighted by atomic mass is 19.1. The fraction of sp³-hybridized carbons (Fsp3) is 0.0909. The lowest BCUT2D eigenvalue weighted by atomic mass is 10.0. The second-order valence-corrected chi connectivity index (χ2v) is 7.01. The number of cyclic esters (lactones) is 1. The molecule has 31 heavy (non-hydrogen) atoms. The molecule has 4 aromatic rings. The number of hydrogen-bond donors (Lipinski definition) is 1. The SMILES string of the molecule is O=C(C[C@@H]1OC(=O)c2ccccc21)Nc1nc2ccc(-c3cc(F)ccc3F)cn2n1. The number of esters is 1. The molecule has 2 aromatic carbocycles. The van der Waals surface area contributed by atoms with Crippen LogP contribution in [0.4, 0.5) is 14.7 Å². The molecular weight excluding hydrogens is 406 g/mol. The number of pyridine rings is 1. The van der Waals surface area contributed by atoms with Crippen molar-refractivity contribution in [1.82, 2.24) is 14.6 Å². The number of halogens is 2. The largest absolute Gasteiger partial charge is 0.453 e. The number of ether oxygens (including phenoxy) is 1. The molecule has 0 aliphatic carbocycles. The summed E-state index contributed by atoms with van der Waals surface area (Å²) in [7, 11) is 0. The van der Waals surface area contributed by atoms with E-state index >= 15 is 0 Å². The van der Waals surface area contributed by atoms with Gasteiger partial charge in [-0.1, -0.05) is 18.2 Å². The maximum atomic E-state index is 14.1. The van der Waals surface area contributed by atoms with Crippen molar-refractivity contribution < 1.29 is 23.1 Å². The maximum Gasteiger partial charge on any atom is 0.339 e. The summed E-state index contributed by atoms with van der Waals surface area (Å²) < 4.78 is 34.2. The van der Waals surface area contributed by atoms with Gasteiger partial charge in [-0.3, -0.25) is 10.1 Å². The van der Waals surface area contributed by atoms with Crippen LogP contribution in [0.2, 0.25) is 0 Å². The first-order valence-corrected chi connectivity index (χ1v) is 9.39. The Bertz CT molecular complexity index is 1350. The third kappa shape index (κ3) is 3.50. The van der Waals surface area contributed by atoms with E-state index in [4.69, 9.17) is 4.74 Å². The fourth-order valence-corrected chi connectivity index (χ4v) is 3.53. The smallest absolute Gasteiger partial charge is 0.339 e. The van der Waals surface area contributed by atoms with Crippen molar-refractivity contribution in [1.29, 1.82) is 0 Å². The number of carbonyl (C=O) groups is 2. The van der Waals surface area contributed by atoms with Gasteiger partial charge in [-0.05, 0) is 36.4 Å². The molecule has 1 amide bonds. The van der Waals surface area contributed by atoms with Crippen molar-refractivity contribution in [2.45, 2.75) is 12.5 Å². The zero-order valence-corrected chi connectivity index (χ0v) is 15.9. The van der Waals surface area contributed by atoms with E-state index < -0.39 is 29.6 Å². The second kappa shape index (κ2) is 7.28. The summed E-state index contributed by atoms with van der Waals surface area (Å²) >= 11 is 0. The minimum Gasteiger partial charge on any atom is -0.453 e. The van der Waals surface area contributed by atoms with Crippen molar-refractivity contribution in [2.24, 2.45) is 0 Å². The van der Waals surface area contributed by atoms with Gasteiger partial charge in [0, 0.05) is 22.9 Å². The molecule has 9 heteroatoms. The molecule has 0 radical (unpaired) electrons. The zero-order chi connectivity index (χ0) is 21.5. The number of benzene rings is 2. The summed E-state index contributed by atoms with van der Waals surface area (Å²) in [5.74, 6) is -1.98. The lowest BCUT2D eigenvalue weighted by molar-refractivity contribution is -0.118. The van der Waals surface area contributed by atoms with E-state index in [0.717, 1.165) is 18.2 Å². The Morgan fingerprint density at radius 1 is 1.10 bits per heavy atom. The first-order valence-electron chi connectivity index (χ1n) is 9.39. The number of hydrogen-bond acceptors (Lipinski definition) is 5. The van der Waals surface area contributed by atoms with Crippen molar-refractivity contribution >= 4 is 23.5 Å². The molecule has 1 atom stereocenters. The predicted molar refractivity (Wildman–Crippen MR) is 106 cm³/mol. The van der Waals surface area contributed by atoms with Gasteiger partial charge in [0.2, 0.25) is 11.9 Å². The molecule has 7 nitrogen and oxygen atoms in total. The van der Waals surface area contributed by atoms with Gasteiger partial charge in [-0.2, -0.15) is 4.98 Å². The van der Waals surface area contributed by atoms with Crippen molar-refractivity contribution in [2.75, 3.05) is 5.32 Å². The van der Waals surface area contributed by atoms with Crippen LogP contribution in [0.25, 0.3) is 16.8 Å². The first-order chi connectivity index (χ1) is 15.0. The molecule has 2 aromatic heterocycles. The van der Waals surface area contributed by atoms with Gasteiger partial charge in [-0.15, -0.1) is 5.10 Å². The first kappa shape index (κ1) is 18.9.